The maximum Gasteiger partial charge on any atom is 0.432 e. The number of halogens is 6. The quantitative estimate of drug-likeness (QED) is 0.492. The summed E-state index contributed by atoms with van der Waals surface area (Å²) in [6.07, 6.45) is -2.13. The van der Waals surface area contributed by atoms with Gasteiger partial charge in [0.25, 0.3) is 12.1 Å². The van der Waals surface area contributed by atoms with E-state index < -0.39 is 47.0 Å². The molecule has 2 rings (SSSR count). The molecular weight excluding hydrogens is 470 g/mol. The van der Waals surface area contributed by atoms with E-state index in [1.165, 1.54) is 24.8 Å². The minimum atomic E-state index is -5.84. The van der Waals surface area contributed by atoms with Gasteiger partial charge in [-0.15, -0.1) is 0 Å². The van der Waals surface area contributed by atoms with Crippen LogP contribution in [0.1, 0.15) is 18.1 Å². The van der Waals surface area contributed by atoms with Crippen LogP contribution in [0.3, 0.4) is 0 Å². The molecule has 1 aliphatic carbocycles. The zero-order valence-electron chi connectivity index (χ0n) is 18.1. The van der Waals surface area contributed by atoms with E-state index in [1.54, 1.807) is 25.2 Å². The van der Waals surface area contributed by atoms with Crippen molar-refractivity contribution >= 4 is 29.3 Å². The first kappa shape index (κ1) is 26.8. The Kier molecular flexibility index (Phi) is 7.98. The van der Waals surface area contributed by atoms with Crippen molar-refractivity contribution in [2.24, 2.45) is 23.0 Å². The summed E-state index contributed by atoms with van der Waals surface area (Å²) in [5, 5.41) is 2.50. The maximum absolute atomic E-state index is 14.3. The number of allylic oxidation sites excluding steroid dienone is 2. The van der Waals surface area contributed by atoms with Crippen LogP contribution in [-0.2, 0) is 15.3 Å². The smallest absolute Gasteiger partial charge is 0.369 e. The van der Waals surface area contributed by atoms with Gasteiger partial charge in [0.1, 0.15) is 0 Å². The summed E-state index contributed by atoms with van der Waals surface area (Å²) in [6.45, 7) is 3.02. The minimum Gasteiger partial charge on any atom is -0.369 e. The zero-order valence-corrected chi connectivity index (χ0v) is 18.9. The fourth-order valence-corrected chi connectivity index (χ4v) is 4.72. The van der Waals surface area contributed by atoms with Crippen molar-refractivity contribution in [3.63, 3.8) is 0 Å². The van der Waals surface area contributed by atoms with Crippen molar-refractivity contribution in [3.8, 4) is 0 Å². The second-order valence-electron chi connectivity index (χ2n) is 7.90. The fraction of sp³-hybridized carbons (Fsp3) is 0.455. The van der Waals surface area contributed by atoms with Crippen LogP contribution in [-0.4, -0.2) is 36.4 Å². The van der Waals surface area contributed by atoms with E-state index >= 15 is 0 Å². The number of anilines is 1. The van der Waals surface area contributed by atoms with Crippen molar-refractivity contribution in [3.05, 3.63) is 53.6 Å². The number of nitrogens with two attached hydrogens (primary N) is 1. The summed E-state index contributed by atoms with van der Waals surface area (Å²) in [6, 6.07) is 2.09. The zero-order chi connectivity index (χ0) is 25.2. The average Bonchev–Trinajstić information content (AvgIpc) is 2.73. The lowest BCUT2D eigenvalue weighted by molar-refractivity contribution is -0.274. The molecule has 0 aromatic heterocycles. The summed E-state index contributed by atoms with van der Waals surface area (Å²) < 4.78 is 79.5. The van der Waals surface area contributed by atoms with Gasteiger partial charge in [0.15, 0.2) is 0 Å². The molecule has 3 N–H and O–H groups in total. The number of aryl methyl sites for hydroxylation is 1. The molecule has 1 aromatic carbocycles. The normalized spacial score (nSPS) is 23.3. The van der Waals surface area contributed by atoms with Crippen LogP contribution in [0, 0.1) is 24.2 Å². The number of carbonyl (C=O) groups is 2. The number of rotatable bonds is 8. The van der Waals surface area contributed by atoms with Crippen LogP contribution in [0.2, 0.25) is 0 Å². The average molecular weight is 495 g/mol. The van der Waals surface area contributed by atoms with Gasteiger partial charge in [-0.2, -0.15) is 24.9 Å². The summed E-state index contributed by atoms with van der Waals surface area (Å²) in [5.41, 5.74) is -1.87. The number of hydrogen-bond acceptors (Lipinski definition) is 3. The molecule has 11 heteroatoms. The highest BCUT2D eigenvalue weighted by molar-refractivity contribution is 7.98. The number of benzene rings is 1. The highest BCUT2D eigenvalue weighted by Gasteiger charge is 2.64. The molecule has 182 valence electrons. The van der Waals surface area contributed by atoms with E-state index in [1.807, 2.05) is 6.26 Å². The number of carbonyl (C=O) groups excluding carboxylic acids is 2. The molecule has 2 amide bonds. The van der Waals surface area contributed by atoms with Crippen LogP contribution >= 0.6 is 11.8 Å². The Bertz CT molecular complexity index is 965. The second kappa shape index (κ2) is 9.82. The van der Waals surface area contributed by atoms with Gasteiger partial charge >= 0.3 is 6.18 Å². The lowest BCUT2D eigenvalue weighted by atomic mass is 9.64. The SMILES string of the molecule is CSC[C@@H](C)C1(C(N)=O)C=CC=CC1C(=O)Nc1ccc(C(F)(C(F)F)C(F)(F)F)cc1C. The molecule has 0 saturated heterocycles. The van der Waals surface area contributed by atoms with Crippen molar-refractivity contribution in [2.75, 3.05) is 17.3 Å². The molecule has 0 fully saturated rings. The lowest BCUT2D eigenvalue weighted by Gasteiger charge is -2.39. The Balaban J connectivity index is 2.41. The van der Waals surface area contributed by atoms with E-state index in [-0.39, 0.29) is 17.2 Å². The summed E-state index contributed by atoms with van der Waals surface area (Å²) >= 11 is 1.46. The predicted molar refractivity (Wildman–Crippen MR) is 116 cm³/mol. The predicted octanol–water partition coefficient (Wildman–Crippen LogP) is 5.14. The second-order valence-corrected chi connectivity index (χ2v) is 8.82. The Morgan fingerprint density at radius 1 is 1.21 bits per heavy atom. The van der Waals surface area contributed by atoms with Gasteiger partial charge in [-0.3, -0.25) is 9.59 Å². The number of hydrogen-bond donors (Lipinski definition) is 2. The molecule has 0 radical (unpaired) electrons. The number of amides is 2. The van der Waals surface area contributed by atoms with Crippen molar-refractivity contribution < 1.29 is 35.9 Å². The molecule has 0 bridgehead atoms. The maximum atomic E-state index is 14.3. The Morgan fingerprint density at radius 3 is 2.33 bits per heavy atom. The Labute approximate surface area is 191 Å². The fourth-order valence-electron chi connectivity index (χ4n) is 3.95. The van der Waals surface area contributed by atoms with Crippen LogP contribution in [0.4, 0.5) is 32.0 Å². The van der Waals surface area contributed by atoms with Gasteiger partial charge < -0.3 is 11.1 Å². The van der Waals surface area contributed by atoms with Crippen LogP contribution in [0.5, 0.6) is 0 Å². The number of primary amides is 1. The van der Waals surface area contributed by atoms with Gasteiger partial charge in [0, 0.05) is 11.3 Å². The first-order chi connectivity index (χ1) is 15.2. The third-order valence-corrected chi connectivity index (χ3v) is 6.69. The molecular formula is C22H24F6N2O2S. The molecule has 1 aliphatic rings. The summed E-state index contributed by atoms with van der Waals surface area (Å²) in [5.74, 6) is -2.24. The summed E-state index contributed by atoms with van der Waals surface area (Å²) in [7, 11) is 0. The number of thioether (sulfide) groups is 1. The van der Waals surface area contributed by atoms with E-state index in [0.29, 0.717) is 17.9 Å². The standard InChI is InChI=1S/C22H24F6N2O2S/c1-12-10-14(21(25,18(23)24)22(26,27)28)7-8-16(12)30-17(31)15-6-4-5-9-20(15,19(29)32)13(2)11-33-3/h4-10,13,15,18H,11H2,1-3H3,(H2,29,32)(H,30,31)/t13-,15?,20?,21?/m1/s1. The first-order valence-electron chi connectivity index (χ1n) is 9.84. The molecule has 3 unspecified atom stereocenters. The van der Waals surface area contributed by atoms with E-state index in [4.69, 9.17) is 5.73 Å². The highest BCUT2D eigenvalue weighted by atomic mass is 32.2. The van der Waals surface area contributed by atoms with Gasteiger partial charge in [0.05, 0.1) is 11.3 Å². The Hall–Kier alpha value is -2.43. The van der Waals surface area contributed by atoms with Gasteiger partial charge in [-0.05, 0) is 36.5 Å². The van der Waals surface area contributed by atoms with Crippen LogP contribution in [0.15, 0.2) is 42.5 Å². The van der Waals surface area contributed by atoms with E-state index in [2.05, 4.69) is 5.32 Å². The lowest BCUT2D eigenvalue weighted by Crippen LogP contribution is -2.51. The Morgan fingerprint density at radius 2 is 1.85 bits per heavy atom. The minimum absolute atomic E-state index is 0.0126. The van der Waals surface area contributed by atoms with Gasteiger partial charge in [-0.25, -0.2) is 13.2 Å². The molecule has 0 heterocycles. The third-order valence-electron chi connectivity index (χ3n) is 5.86. The first-order valence-corrected chi connectivity index (χ1v) is 11.2. The van der Waals surface area contributed by atoms with Crippen LogP contribution in [0.25, 0.3) is 0 Å². The van der Waals surface area contributed by atoms with Crippen LogP contribution < -0.4 is 11.1 Å². The molecule has 0 saturated carbocycles. The van der Waals surface area contributed by atoms with Crippen molar-refractivity contribution in [1.82, 2.24) is 0 Å². The largest absolute Gasteiger partial charge is 0.432 e. The monoisotopic (exact) mass is 494 g/mol. The van der Waals surface area contributed by atoms with Gasteiger partial charge in [0.2, 0.25) is 11.8 Å². The molecule has 0 aliphatic heterocycles. The third kappa shape index (κ3) is 4.78. The molecule has 1 aromatic rings. The van der Waals surface area contributed by atoms with E-state index in [0.717, 1.165) is 6.07 Å². The van der Waals surface area contributed by atoms with Crippen molar-refractivity contribution in [1.29, 1.82) is 0 Å². The molecule has 4 nitrogen and oxygen atoms in total. The molecule has 33 heavy (non-hydrogen) atoms. The molecule has 0 spiro atoms. The van der Waals surface area contributed by atoms with E-state index in [9.17, 15) is 35.9 Å². The highest BCUT2D eigenvalue weighted by Crippen LogP contribution is 2.48. The topological polar surface area (TPSA) is 72.2 Å². The molecule has 4 atom stereocenters. The van der Waals surface area contributed by atoms with Crippen molar-refractivity contribution in [2.45, 2.75) is 32.1 Å². The summed E-state index contributed by atoms with van der Waals surface area (Å²) in [4.78, 5) is 25.6. The number of alkyl halides is 6. The number of nitrogens with one attached hydrogen (secondary N) is 1. The van der Waals surface area contributed by atoms with Gasteiger partial charge in [-0.1, -0.05) is 43.4 Å².